The summed E-state index contributed by atoms with van der Waals surface area (Å²) in [6.07, 6.45) is 1.51. The third kappa shape index (κ3) is 4.83. The van der Waals surface area contributed by atoms with Crippen molar-refractivity contribution < 1.29 is 18.3 Å². The molecule has 2 aromatic carbocycles. The van der Waals surface area contributed by atoms with Gasteiger partial charge in [-0.05, 0) is 55.2 Å². The van der Waals surface area contributed by atoms with Crippen LogP contribution in [-0.4, -0.2) is 44.4 Å². The van der Waals surface area contributed by atoms with Crippen LogP contribution >= 0.6 is 0 Å². The lowest BCUT2D eigenvalue weighted by Gasteiger charge is -2.14. The molecule has 26 heavy (non-hydrogen) atoms. The Morgan fingerprint density at radius 1 is 1.12 bits per heavy atom. The summed E-state index contributed by atoms with van der Waals surface area (Å²) in [4.78, 5) is 12.4. The molecule has 0 aliphatic rings. The molecule has 0 unspecified atom stereocenters. The van der Waals surface area contributed by atoms with Crippen LogP contribution in [0.25, 0.3) is 0 Å². The Labute approximate surface area is 154 Å². The second kappa shape index (κ2) is 8.33. The number of hydrogen-bond donors (Lipinski definition) is 2. The molecule has 0 atom stereocenters. The number of phenols is 1. The zero-order chi connectivity index (χ0) is 19.3. The molecule has 0 heterocycles. The van der Waals surface area contributed by atoms with Gasteiger partial charge in [0.05, 0.1) is 4.90 Å². The first-order chi connectivity index (χ1) is 12.2. The van der Waals surface area contributed by atoms with E-state index in [4.69, 9.17) is 0 Å². The van der Waals surface area contributed by atoms with Crippen molar-refractivity contribution in [3.05, 3.63) is 59.2 Å². The molecule has 7 heteroatoms. The van der Waals surface area contributed by atoms with Crippen LogP contribution in [0.4, 0.5) is 0 Å². The Bertz CT molecular complexity index is 875. The maximum atomic E-state index is 12.3. The van der Waals surface area contributed by atoms with Crippen molar-refractivity contribution in [3.63, 3.8) is 0 Å². The van der Waals surface area contributed by atoms with Gasteiger partial charge in [-0.1, -0.05) is 18.2 Å². The van der Waals surface area contributed by atoms with Crippen LogP contribution in [0.2, 0.25) is 0 Å². The first-order valence-corrected chi connectivity index (χ1v) is 9.75. The minimum absolute atomic E-state index is 0.138. The van der Waals surface area contributed by atoms with Crippen molar-refractivity contribution in [1.82, 2.24) is 9.62 Å². The molecule has 0 saturated carbocycles. The second-order valence-electron chi connectivity index (χ2n) is 6.29. The van der Waals surface area contributed by atoms with Gasteiger partial charge in [0.25, 0.3) is 5.91 Å². The van der Waals surface area contributed by atoms with Crippen LogP contribution in [0, 0.1) is 6.92 Å². The van der Waals surface area contributed by atoms with Gasteiger partial charge >= 0.3 is 0 Å². The van der Waals surface area contributed by atoms with Crippen molar-refractivity contribution in [2.45, 2.75) is 24.7 Å². The average molecular weight is 376 g/mol. The quantitative estimate of drug-likeness (QED) is 0.726. The maximum absolute atomic E-state index is 12.3. The van der Waals surface area contributed by atoms with E-state index in [0.717, 1.165) is 22.7 Å². The number of sulfonamides is 1. The Morgan fingerprint density at radius 2 is 1.77 bits per heavy atom. The molecule has 0 aromatic heterocycles. The normalized spacial score (nSPS) is 11.5. The molecule has 2 aromatic rings. The SMILES string of the molecule is Cc1ccc(C(=O)NCCCc2ccc(O)cc2)cc1S(=O)(=O)N(C)C. The fourth-order valence-corrected chi connectivity index (χ4v) is 3.62. The molecular weight excluding hydrogens is 352 g/mol. The lowest BCUT2D eigenvalue weighted by Crippen LogP contribution is -2.26. The lowest BCUT2D eigenvalue weighted by atomic mass is 10.1. The van der Waals surface area contributed by atoms with E-state index in [2.05, 4.69) is 5.32 Å². The predicted molar refractivity (Wildman–Crippen MR) is 101 cm³/mol. The highest BCUT2D eigenvalue weighted by Crippen LogP contribution is 2.20. The Morgan fingerprint density at radius 3 is 2.38 bits per heavy atom. The van der Waals surface area contributed by atoms with Crippen molar-refractivity contribution in [2.75, 3.05) is 20.6 Å². The van der Waals surface area contributed by atoms with Gasteiger partial charge in [-0.25, -0.2) is 12.7 Å². The number of aryl methyl sites for hydroxylation is 2. The predicted octanol–water partition coefficient (Wildman–Crippen LogP) is 2.31. The number of nitrogens with zero attached hydrogens (tertiary/aromatic N) is 1. The molecule has 0 bridgehead atoms. The first kappa shape index (κ1) is 19.9. The fraction of sp³-hybridized carbons (Fsp3) is 0.316. The van der Waals surface area contributed by atoms with Crippen LogP contribution in [0.3, 0.4) is 0 Å². The van der Waals surface area contributed by atoms with E-state index in [-0.39, 0.29) is 16.6 Å². The molecule has 0 aliphatic carbocycles. The summed E-state index contributed by atoms with van der Waals surface area (Å²) in [6.45, 7) is 2.18. The van der Waals surface area contributed by atoms with Gasteiger partial charge in [-0.15, -0.1) is 0 Å². The number of hydrogen-bond acceptors (Lipinski definition) is 4. The van der Waals surface area contributed by atoms with Crippen molar-refractivity contribution in [1.29, 1.82) is 0 Å². The van der Waals surface area contributed by atoms with Crippen molar-refractivity contribution >= 4 is 15.9 Å². The van der Waals surface area contributed by atoms with E-state index < -0.39 is 10.0 Å². The monoisotopic (exact) mass is 376 g/mol. The zero-order valence-corrected chi connectivity index (χ0v) is 16.0. The van der Waals surface area contributed by atoms with E-state index >= 15 is 0 Å². The topological polar surface area (TPSA) is 86.7 Å². The van der Waals surface area contributed by atoms with Gasteiger partial charge in [-0.3, -0.25) is 4.79 Å². The van der Waals surface area contributed by atoms with Crippen LogP contribution in [-0.2, 0) is 16.4 Å². The van der Waals surface area contributed by atoms with Crippen LogP contribution in [0.1, 0.15) is 27.9 Å². The molecule has 2 N–H and O–H groups in total. The van der Waals surface area contributed by atoms with Gasteiger partial charge in [0.15, 0.2) is 0 Å². The zero-order valence-electron chi connectivity index (χ0n) is 15.2. The molecule has 0 spiro atoms. The maximum Gasteiger partial charge on any atom is 0.251 e. The minimum atomic E-state index is -3.60. The summed E-state index contributed by atoms with van der Waals surface area (Å²) in [5.41, 5.74) is 2.00. The van der Waals surface area contributed by atoms with Crippen molar-refractivity contribution in [2.24, 2.45) is 0 Å². The van der Waals surface area contributed by atoms with Crippen LogP contribution in [0.5, 0.6) is 5.75 Å². The molecule has 2 rings (SSSR count). The van der Waals surface area contributed by atoms with Gasteiger partial charge in [0, 0.05) is 26.2 Å². The molecule has 0 radical (unpaired) electrons. The molecule has 6 nitrogen and oxygen atoms in total. The number of carbonyl (C=O) groups excluding carboxylic acids is 1. The highest BCUT2D eigenvalue weighted by Gasteiger charge is 2.21. The molecule has 140 valence electrons. The third-order valence-corrected chi connectivity index (χ3v) is 6.03. The van der Waals surface area contributed by atoms with Crippen LogP contribution < -0.4 is 5.32 Å². The Kier molecular flexibility index (Phi) is 6.39. The largest absolute Gasteiger partial charge is 0.508 e. The summed E-state index contributed by atoms with van der Waals surface area (Å²) in [7, 11) is -0.669. The number of rotatable bonds is 7. The molecular formula is C19H24N2O4S. The molecule has 1 amide bonds. The molecule has 0 saturated heterocycles. The highest BCUT2D eigenvalue weighted by atomic mass is 32.2. The van der Waals surface area contributed by atoms with Crippen molar-refractivity contribution in [3.8, 4) is 5.75 Å². The number of aromatic hydroxyl groups is 1. The molecule has 0 aliphatic heterocycles. The summed E-state index contributed by atoms with van der Waals surface area (Å²) in [6, 6.07) is 11.6. The van der Waals surface area contributed by atoms with Gasteiger partial charge in [0.1, 0.15) is 5.75 Å². The Hall–Kier alpha value is -2.38. The standard InChI is InChI=1S/C19H24N2O4S/c1-14-6-9-16(13-18(14)26(24,25)21(2)3)19(23)20-12-4-5-15-7-10-17(22)11-8-15/h6-11,13,22H,4-5,12H2,1-3H3,(H,20,23). The third-order valence-electron chi connectivity index (χ3n) is 4.07. The van der Waals surface area contributed by atoms with Gasteiger partial charge in [0.2, 0.25) is 10.0 Å². The number of benzene rings is 2. The number of phenolic OH excluding ortho intramolecular Hbond substituents is 1. The van der Waals surface area contributed by atoms with E-state index in [1.54, 1.807) is 31.2 Å². The molecule has 0 fully saturated rings. The van der Waals surface area contributed by atoms with Gasteiger partial charge in [-0.2, -0.15) is 0 Å². The Balaban J connectivity index is 1.98. The summed E-state index contributed by atoms with van der Waals surface area (Å²) in [5.74, 6) is -0.0733. The summed E-state index contributed by atoms with van der Waals surface area (Å²) >= 11 is 0. The highest BCUT2D eigenvalue weighted by molar-refractivity contribution is 7.89. The van der Waals surface area contributed by atoms with E-state index in [9.17, 15) is 18.3 Å². The van der Waals surface area contributed by atoms with E-state index in [1.165, 1.54) is 20.2 Å². The summed E-state index contributed by atoms with van der Waals surface area (Å²) in [5, 5.41) is 12.1. The van der Waals surface area contributed by atoms with Gasteiger partial charge < -0.3 is 10.4 Å². The van der Waals surface area contributed by atoms with Crippen LogP contribution in [0.15, 0.2) is 47.4 Å². The first-order valence-electron chi connectivity index (χ1n) is 8.31. The smallest absolute Gasteiger partial charge is 0.251 e. The number of amides is 1. The number of nitrogens with one attached hydrogen (secondary N) is 1. The average Bonchev–Trinajstić information content (AvgIpc) is 2.60. The van der Waals surface area contributed by atoms with E-state index in [0.29, 0.717) is 17.7 Å². The minimum Gasteiger partial charge on any atom is -0.508 e. The fourth-order valence-electron chi connectivity index (χ4n) is 2.48. The summed E-state index contributed by atoms with van der Waals surface area (Å²) < 4.78 is 25.8. The number of carbonyl (C=O) groups is 1. The lowest BCUT2D eigenvalue weighted by molar-refractivity contribution is 0.0953. The second-order valence-corrected chi connectivity index (χ2v) is 8.41. The van der Waals surface area contributed by atoms with E-state index in [1.807, 2.05) is 12.1 Å².